The molecule has 2 aromatic rings. The Morgan fingerprint density at radius 1 is 1.29 bits per heavy atom. The molecule has 0 saturated heterocycles. The first-order valence-corrected chi connectivity index (χ1v) is 4.96. The topological polar surface area (TPSA) is 53.4 Å². The number of fused-ring (bicyclic) bond motifs is 1. The number of phenols is 1. The first kappa shape index (κ1) is 15.7. The summed E-state index contributed by atoms with van der Waals surface area (Å²) in [6.07, 6.45) is 1.43. The molecule has 0 atom stereocenters. The average molecular weight is 244 g/mol. The Bertz CT molecular complexity index is 486. The molecule has 0 fully saturated rings. The second-order valence-electron chi connectivity index (χ2n) is 3.27. The van der Waals surface area contributed by atoms with Crippen molar-refractivity contribution in [3.8, 4) is 5.75 Å². The molecule has 0 aliphatic heterocycles. The molecule has 2 N–H and O–H groups in total. The molecule has 0 spiro atoms. The van der Waals surface area contributed by atoms with Crippen molar-refractivity contribution in [1.29, 1.82) is 0 Å². The van der Waals surface area contributed by atoms with Crippen molar-refractivity contribution >= 4 is 28.3 Å². The molecule has 3 radical (unpaired) electrons. The molecule has 0 aliphatic carbocycles. The smallest absolute Gasteiger partial charge is 0.141 e. The second kappa shape index (κ2) is 7.86. The van der Waals surface area contributed by atoms with Gasteiger partial charge in [-0.1, -0.05) is 24.3 Å². The molecule has 0 saturated carbocycles. The number of hydrogen-bond donors (Lipinski definition) is 2. The third-order valence-corrected chi connectivity index (χ3v) is 1.97. The Hall–Kier alpha value is -1.34. The lowest BCUT2D eigenvalue weighted by atomic mass is 10.2. The first-order valence-electron chi connectivity index (χ1n) is 4.96. The van der Waals surface area contributed by atoms with Gasteiger partial charge in [0.25, 0.3) is 0 Å². The van der Waals surface area contributed by atoms with Crippen molar-refractivity contribution in [2.75, 3.05) is 6.61 Å². The van der Waals surface area contributed by atoms with E-state index in [4.69, 9.17) is 5.11 Å². The predicted molar refractivity (Wildman–Crippen MR) is 71.2 cm³/mol. The molecule has 0 unspecified atom stereocenters. The normalized spacial score (nSPS) is 8.82. The Balaban J connectivity index is 0.000000453. The summed E-state index contributed by atoms with van der Waals surface area (Å²) in [4.78, 5) is 4.23. The van der Waals surface area contributed by atoms with Crippen LogP contribution in [-0.4, -0.2) is 39.2 Å². The summed E-state index contributed by atoms with van der Waals surface area (Å²) in [7, 11) is 0. The maximum atomic E-state index is 9.43. The fraction of sp³-hybridized carbons (Fsp3) is 0.154. The summed E-state index contributed by atoms with van der Waals surface area (Å²) in [6.45, 7) is 5.22. The number of aryl methyl sites for hydroxylation is 1. The van der Waals surface area contributed by atoms with E-state index in [1.54, 1.807) is 6.07 Å². The molecule has 3 nitrogen and oxygen atoms in total. The van der Waals surface area contributed by atoms with Crippen molar-refractivity contribution in [3.05, 3.63) is 48.7 Å². The molecular formula is C13H15AlNO2. The van der Waals surface area contributed by atoms with E-state index in [9.17, 15) is 5.11 Å². The number of aromatic hydroxyl groups is 1. The van der Waals surface area contributed by atoms with Crippen molar-refractivity contribution in [1.82, 2.24) is 4.98 Å². The zero-order valence-electron chi connectivity index (χ0n) is 9.80. The molecule has 87 valence electrons. The minimum Gasteiger partial charge on any atom is -0.506 e. The largest absolute Gasteiger partial charge is 0.506 e. The van der Waals surface area contributed by atoms with E-state index in [2.05, 4.69) is 11.6 Å². The summed E-state index contributed by atoms with van der Waals surface area (Å²) < 4.78 is 0. The number of aliphatic hydroxyl groups excluding tert-OH is 1. The van der Waals surface area contributed by atoms with E-state index in [0.29, 0.717) is 5.52 Å². The number of benzene rings is 1. The van der Waals surface area contributed by atoms with Gasteiger partial charge in [0.1, 0.15) is 11.3 Å². The van der Waals surface area contributed by atoms with Gasteiger partial charge in [-0.3, -0.25) is 0 Å². The first-order chi connectivity index (χ1) is 7.69. The van der Waals surface area contributed by atoms with Crippen LogP contribution in [0.25, 0.3) is 10.9 Å². The zero-order chi connectivity index (χ0) is 12.0. The second-order valence-corrected chi connectivity index (χ2v) is 3.27. The number of hydrogen-bond acceptors (Lipinski definition) is 3. The maximum absolute atomic E-state index is 9.43. The van der Waals surface area contributed by atoms with Crippen LogP contribution in [-0.2, 0) is 0 Å². The lowest BCUT2D eigenvalue weighted by Crippen LogP contribution is -1.82. The van der Waals surface area contributed by atoms with Gasteiger partial charge in [0.05, 0.1) is 6.61 Å². The van der Waals surface area contributed by atoms with Crippen LogP contribution in [0.2, 0.25) is 0 Å². The highest BCUT2D eigenvalue weighted by Crippen LogP contribution is 2.21. The maximum Gasteiger partial charge on any atom is 0.141 e. The summed E-state index contributed by atoms with van der Waals surface area (Å²) in [6, 6.07) is 9.28. The number of pyridine rings is 1. The fourth-order valence-corrected chi connectivity index (χ4v) is 1.23. The van der Waals surface area contributed by atoms with Gasteiger partial charge in [-0.15, -0.1) is 6.58 Å². The summed E-state index contributed by atoms with van der Waals surface area (Å²) in [5.74, 6) is 0.246. The highest BCUT2D eigenvalue weighted by molar-refractivity contribution is 5.84. The van der Waals surface area contributed by atoms with Crippen LogP contribution in [0.3, 0.4) is 0 Å². The summed E-state index contributed by atoms with van der Waals surface area (Å²) in [5, 5.41) is 18.2. The van der Waals surface area contributed by atoms with Gasteiger partial charge in [-0.05, 0) is 19.1 Å². The van der Waals surface area contributed by atoms with Gasteiger partial charge in [0.15, 0.2) is 0 Å². The standard InChI is InChI=1S/C10H9NO.C3H6O.Al/c1-7-5-6-8-3-2-4-9(12)10(8)11-7;1-2-3-4;/h2-6,12H,1H3;2,4H,1,3H2;. The van der Waals surface area contributed by atoms with Crippen LogP contribution in [0.15, 0.2) is 43.0 Å². The molecule has 1 aromatic carbocycles. The number of rotatable bonds is 1. The highest BCUT2D eigenvalue weighted by atomic mass is 27.0. The summed E-state index contributed by atoms with van der Waals surface area (Å²) in [5.41, 5.74) is 1.60. The Morgan fingerprint density at radius 3 is 2.53 bits per heavy atom. The Labute approximate surface area is 112 Å². The zero-order valence-corrected chi connectivity index (χ0v) is 11.0. The minimum absolute atomic E-state index is 0. The molecule has 2 rings (SSSR count). The van der Waals surface area contributed by atoms with Crippen LogP contribution < -0.4 is 0 Å². The number of para-hydroxylation sites is 1. The third kappa shape index (κ3) is 4.58. The van der Waals surface area contributed by atoms with Crippen LogP contribution in [0.1, 0.15) is 5.69 Å². The van der Waals surface area contributed by atoms with Crippen molar-refractivity contribution in [2.24, 2.45) is 0 Å². The monoisotopic (exact) mass is 244 g/mol. The number of nitrogens with zero attached hydrogens (tertiary/aromatic N) is 1. The number of aromatic nitrogens is 1. The van der Waals surface area contributed by atoms with Crippen LogP contribution in [0.4, 0.5) is 0 Å². The number of phenolic OH excluding ortho intramolecular Hbond substituents is 1. The quantitative estimate of drug-likeness (QED) is 0.596. The van der Waals surface area contributed by atoms with Gasteiger partial charge in [0, 0.05) is 28.4 Å². The number of aliphatic hydroxyl groups is 1. The van der Waals surface area contributed by atoms with Gasteiger partial charge < -0.3 is 10.2 Å². The van der Waals surface area contributed by atoms with Crippen LogP contribution >= 0.6 is 0 Å². The summed E-state index contributed by atoms with van der Waals surface area (Å²) >= 11 is 0. The van der Waals surface area contributed by atoms with E-state index in [1.165, 1.54) is 6.08 Å². The van der Waals surface area contributed by atoms with Gasteiger partial charge in [-0.25, -0.2) is 4.98 Å². The SMILES string of the molecule is C=CCO.Cc1ccc2cccc(O)c2n1.[Al]. The van der Waals surface area contributed by atoms with Gasteiger partial charge in [0.2, 0.25) is 0 Å². The predicted octanol–water partition coefficient (Wildman–Crippen LogP) is 2.03. The fourth-order valence-electron chi connectivity index (χ4n) is 1.23. The Kier molecular flexibility index (Phi) is 7.24. The van der Waals surface area contributed by atoms with Crippen LogP contribution in [0.5, 0.6) is 5.75 Å². The molecule has 1 aromatic heterocycles. The molecule has 0 amide bonds. The molecule has 17 heavy (non-hydrogen) atoms. The Morgan fingerprint density at radius 2 is 1.94 bits per heavy atom. The highest BCUT2D eigenvalue weighted by Gasteiger charge is 1.98. The van der Waals surface area contributed by atoms with Crippen molar-refractivity contribution in [3.63, 3.8) is 0 Å². The lowest BCUT2D eigenvalue weighted by molar-refractivity contribution is 0.343. The molecular weight excluding hydrogens is 229 g/mol. The molecule has 1 heterocycles. The van der Waals surface area contributed by atoms with Crippen LogP contribution in [0, 0.1) is 6.92 Å². The lowest BCUT2D eigenvalue weighted by Gasteiger charge is -1.99. The molecule has 4 heteroatoms. The van der Waals surface area contributed by atoms with Crippen molar-refractivity contribution < 1.29 is 10.2 Å². The van der Waals surface area contributed by atoms with E-state index < -0.39 is 0 Å². The van der Waals surface area contributed by atoms with Gasteiger partial charge in [-0.2, -0.15) is 0 Å². The van der Waals surface area contributed by atoms with Gasteiger partial charge >= 0.3 is 0 Å². The molecule has 0 aliphatic rings. The molecule has 0 bridgehead atoms. The van der Waals surface area contributed by atoms with Crippen molar-refractivity contribution in [2.45, 2.75) is 6.92 Å². The van der Waals surface area contributed by atoms with E-state index in [-0.39, 0.29) is 29.7 Å². The van der Waals surface area contributed by atoms with E-state index >= 15 is 0 Å². The third-order valence-electron chi connectivity index (χ3n) is 1.97. The van der Waals surface area contributed by atoms with E-state index in [0.717, 1.165) is 11.1 Å². The van der Waals surface area contributed by atoms with E-state index in [1.807, 2.05) is 31.2 Å². The average Bonchev–Trinajstić information content (AvgIpc) is 2.31. The minimum atomic E-state index is 0.